The Balaban J connectivity index is 0. The minimum absolute atomic E-state index is 0. The first-order valence-corrected chi connectivity index (χ1v) is 10.2. The second-order valence-electron chi connectivity index (χ2n) is 4.74. The molecule has 0 rings (SSSR count). The van der Waals surface area contributed by atoms with Crippen LogP contribution in [0.2, 0.25) is 0 Å². The summed E-state index contributed by atoms with van der Waals surface area (Å²) in [6.07, 6.45) is 0. The van der Waals surface area contributed by atoms with E-state index in [1.807, 2.05) is 0 Å². The van der Waals surface area contributed by atoms with E-state index in [2.05, 4.69) is 48.5 Å². The zero-order valence-corrected chi connectivity index (χ0v) is 13.4. The average Bonchev–Trinajstić information content (AvgIpc) is 1.49. The number of hydrogen-bond donors (Lipinski definition) is 0. The van der Waals surface area contributed by atoms with Crippen molar-refractivity contribution >= 4 is 9.42 Å². The van der Waals surface area contributed by atoms with Crippen LogP contribution in [0.15, 0.2) is 6.99 Å². The molecule has 0 fully saturated rings. The minimum atomic E-state index is -2.25. The van der Waals surface area contributed by atoms with Crippen LogP contribution in [0.1, 0.15) is 41.5 Å². The Morgan fingerprint density at radius 3 is 1.23 bits per heavy atom. The van der Waals surface area contributed by atoms with Crippen molar-refractivity contribution in [2.45, 2.75) is 52.6 Å². The molecule has 0 aromatic heterocycles. The molecule has 0 aliphatic rings. The van der Waals surface area contributed by atoms with Gasteiger partial charge in [-0.15, -0.1) is 0 Å². The Bertz CT molecular complexity index is 205. The molecule has 0 amide bonds. The standard InChI is InChI=1S/2C4H9N.CH3.ClH.W/c2*1-4(2,3)5;;;/h2*1-3H3;1H3;1H;/q;;-1;;+1/p-1. The summed E-state index contributed by atoms with van der Waals surface area (Å²) in [6, 6.07) is 0. The molecule has 0 aliphatic heterocycles. The van der Waals surface area contributed by atoms with E-state index in [4.69, 9.17) is 9.42 Å². The van der Waals surface area contributed by atoms with Crippen LogP contribution >= 0.6 is 9.42 Å². The molecule has 4 heteroatoms. The van der Waals surface area contributed by atoms with E-state index in [-0.39, 0.29) is 18.5 Å². The molecule has 0 atom stereocenters. The van der Waals surface area contributed by atoms with Crippen LogP contribution in [0.4, 0.5) is 0 Å². The van der Waals surface area contributed by atoms with Gasteiger partial charge < -0.3 is 7.43 Å². The fourth-order valence-corrected chi connectivity index (χ4v) is 7.26. The van der Waals surface area contributed by atoms with E-state index in [9.17, 15) is 0 Å². The Morgan fingerprint density at radius 2 is 1.08 bits per heavy atom. The molecule has 81 valence electrons. The molecule has 2 nitrogen and oxygen atoms in total. The Hall–Kier alpha value is 0.578. The predicted octanol–water partition coefficient (Wildman–Crippen LogP) is 4.17. The topological polar surface area (TPSA) is 24.7 Å². The van der Waals surface area contributed by atoms with Gasteiger partial charge in [-0.3, -0.25) is 0 Å². The van der Waals surface area contributed by atoms with Crippen molar-refractivity contribution in [3.63, 3.8) is 0 Å². The van der Waals surface area contributed by atoms with Gasteiger partial charge >= 0.3 is 84.9 Å². The first-order valence-electron chi connectivity index (χ1n) is 3.97. The van der Waals surface area contributed by atoms with Crippen molar-refractivity contribution in [3.8, 4) is 0 Å². The van der Waals surface area contributed by atoms with Crippen LogP contribution in [0.25, 0.3) is 0 Å². The van der Waals surface area contributed by atoms with Gasteiger partial charge in [-0.2, -0.15) is 0 Å². The van der Waals surface area contributed by atoms with Gasteiger partial charge in [0.25, 0.3) is 0 Å². The molecule has 0 aromatic rings. The van der Waals surface area contributed by atoms with Gasteiger partial charge in [-0.25, -0.2) is 0 Å². The molecule has 0 bridgehead atoms. The first kappa shape index (κ1) is 16.0. The van der Waals surface area contributed by atoms with Gasteiger partial charge in [0, 0.05) is 0 Å². The van der Waals surface area contributed by atoms with Crippen LogP contribution in [0, 0.1) is 7.43 Å². The second kappa shape index (κ2) is 5.46. The second-order valence-corrected chi connectivity index (χ2v) is 9.89. The van der Waals surface area contributed by atoms with E-state index >= 15 is 0 Å². The maximum absolute atomic E-state index is 6.11. The van der Waals surface area contributed by atoms with Gasteiger partial charge in [0.15, 0.2) is 0 Å². The molecule has 0 aromatic carbocycles. The molecule has 0 aliphatic carbocycles. The summed E-state index contributed by atoms with van der Waals surface area (Å²) in [6.45, 7) is 12.4. The number of halogens is 1. The summed E-state index contributed by atoms with van der Waals surface area (Å²) in [5.41, 5.74) is -0.0471. The summed E-state index contributed by atoms with van der Waals surface area (Å²) in [7, 11) is 6.11. The van der Waals surface area contributed by atoms with Gasteiger partial charge in [0.05, 0.1) is 0 Å². The predicted molar refractivity (Wildman–Crippen MR) is 56.6 cm³/mol. The van der Waals surface area contributed by atoms with E-state index in [0.717, 1.165) is 0 Å². The van der Waals surface area contributed by atoms with Gasteiger partial charge in [0.2, 0.25) is 0 Å². The van der Waals surface area contributed by atoms with Crippen LogP contribution < -0.4 is 0 Å². The SMILES string of the molecule is CC(C)(C)[N]=[W]([Cl])=[N]C(C)(C)C.[CH3-]. The molecule has 13 heavy (non-hydrogen) atoms. The van der Waals surface area contributed by atoms with E-state index in [1.54, 1.807) is 0 Å². The third-order valence-corrected chi connectivity index (χ3v) is 6.85. The van der Waals surface area contributed by atoms with E-state index in [0.29, 0.717) is 0 Å². The summed E-state index contributed by atoms with van der Waals surface area (Å²) < 4.78 is 8.98. The maximum Gasteiger partial charge on any atom is -0.358 e. The van der Waals surface area contributed by atoms with Crippen LogP contribution in [-0.2, 0) is 15.9 Å². The third-order valence-electron chi connectivity index (χ3n) is 0.698. The van der Waals surface area contributed by atoms with E-state index < -0.39 is 15.9 Å². The molecule has 0 saturated carbocycles. The van der Waals surface area contributed by atoms with Crippen molar-refractivity contribution in [2.24, 2.45) is 6.99 Å². The Kier molecular flexibility index (Phi) is 6.73. The van der Waals surface area contributed by atoms with Gasteiger partial charge in [-0.05, 0) is 0 Å². The van der Waals surface area contributed by atoms with E-state index in [1.165, 1.54) is 0 Å². The van der Waals surface area contributed by atoms with Gasteiger partial charge in [0.1, 0.15) is 0 Å². The Labute approximate surface area is 92.3 Å². The molecule has 0 saturated heterocycles. The first-order chi connectivity index (χ1) is 5.10. The van der Waals surface area contributed by atoms with Gasteiger partial charge in [-0.1, -0.05) is 0 Å². The van der Waals surface area contributed by atoms with Crippen molar-refractivity contribution in [1.82, 2.24) is 0 Å². The van der Waals surface area contributed by atoms with Crippen LogP contribution in [0.3, 0.4) is 0 Å². The van der Waals surface area contributed by atoms with Crippen LogP contribution in [-0.4, -0.2) is 11.1 Å². The summed E-state index contributed by atoms with van der Waals surface area (Å²) in [4.78, 5) is 0. The third kappa shape index (κ3) is 12.6. The molecular weight excluding hydrogens is 355 g/mol. The average molecular weight is 377 g/mol. The number of nitrogens with zero attached hydrogens (tertiary/aromatic N) is 2. The van der Waals surface area contributed by atoms with Crippen LogP contribution in [0.5, 0.6) is 0 Å². The van der Waals surface area contributed by atoms with Crippen molar-refractivity contribution in [2.75, 3.05) is 0 Å². The summed E-state index contributed by atoms with van der Waals surface area (Å²) in [5.74, 6) is 0. The Morgan fingerprint density at radius 1 is 0.846 bits per heavy atom. The molecular formula is C9H21ClN2W-. The summed E-state index contributed by atoms with van der Waals surface area (Å²) in [5, 5.41) is 0. The number of hydrogen-bond acceptors (Lipinski definition) is 2. The van der Waals surface area contributed by atoms with Crippen molar-refractivity contribution in [1.29, 1.82) is 0 Å². The maximum atomic E-state index is 6.11. The van der Waals surface area contributed by atoms with Crippen molar-refractivity contribution < 1.29 is 15.9 Å². The fourth-order valence-electron chi connectivity index (χ4n) is 0.472. The normalized spacial score (nSPS) is 14.2. The monoisotopic (exact) mass is 376 g/mol. The smallest absolute Gasteiger partial charge is 0.358 e. The summed E-state index contributed by atoms with van der Waals surface area (Å²) >= 11 is -2.25. The zero-order chi connectivity index (χ0) is 9.99. The molecule has 0 unspecified atom stereocenters. The zero-order valence-electron chi connectivity index (χ0n) is 9.68. The van der Waals surface area contributed by atoms with Crippen molar-refractivity contribution in [3.05, 3.63) is 7.43 Å². The minimum Gasteiger partial charge on any atom is -0.358 e. The number of rotatable bonds is 0. The fraction of sp³-hybridized carbons (Fsp3) is 0.889. The molecule has 0 spiro atoms. The quantitative estimate of drug-likeness (QED) is 0.567. The molecule has 0 N–H and O–H groups in total. The largest absolute Gasteiger partial charge is 0.358 e. The molecule has 0 radical (unpaired) electrons. The molecule has 0 heterocycles.